The summed E-state index contributed by atoms with van der Waals surface area (Å²) in [4.78, 5) is 0. The van der Waals surface area contributed by atoms with E-state index < -0.39 is 8.32 Å². The lowest BCUT2D eigenvalue weighted by atomic mass is 9.65. The van der Waals surface area contributed by atoms with Gasteiger partial charge >= 0.3 is 0 Å². The average Bonchev–Trinajstić information content (AvgIpc) is 3.05. The largest absolute Gasteiger partial charge is 0.410 e. The molecule has 3 fully saturated rings. The third kappa shape index (κ3) is 2.70. The van der Waals surface area contributed by atoms with Crippen molar-refractivity contribution in [1.82, 2.24) is 0 Å². The highest BCUT2D eigenvalue weighted by molar-refractivity contribution is 6.78. The normalized spacial score (nSPS) is 39.7. The molecule has 5 unspecified atom stereocenters. The molecule has 5 atom stereocenters. The first-order valence-electron chi connectivity index (χ1n) is 10.7. The molecular weight excluding hydrogens is 324 g/mol. The Kier molecular flexibility index (Phi) is 4.63. The molecule has 0 radical (unpaired) electrons. The van der Waals surface area contributed by atoms with Crippen molar-refractivity contribution in [2.75, 3.05) is 0 Å². The van der Waals surface area contributed by atoms with Crippen molar-refractivity contribution in [2.24, 2.45) is 17.3 Å². The molecule has 0 aliphatic heterocycles. The summed E-state index contributed by atoms with van der Waals surface area (Å²) in [5.74, 6) is 1.59. The zero-order valence-electron chi connectivity index (χ0n) is 18.0. The van der Waals surface area contributed by atoms with Gasteiger partial charge in [0.25, 0.3) is 0 Å². The molecule has 3 heteroatoms. The van der Waals surface area contributed by atoms with E-state index in [1.165, 1.54) is 38.5 Å². The monoisotopic (exact) mass is 366 g/mol. The van der Waals surface area contributed by atoms with Crippen LogP contribution in [0, 0.1) is 17.3 Å². The average molecular weight is 367 g/mol. The van der Waals surface area contributed by atoms with Gasteiger partial charge in [0.2, 0.25) is 8.32 Å². The molecule has 0 saturated heterocycles. The van der Waals surface area contributed by atoms with Gasteiger partial charge < -0.3 is 9.53 Å². The molecule has 0 spiro atoms. The lowest BCUT2D eigenvalue weighted by Crippen LogP contribution is -2.62. The van der Waals surface area contributed by atoms with Crippen LogP contribution in [0.15, 0.2) is 0 Å². The van der Waals surface area contributed by atoms with Crippen LogP contribution in [-0.4, -0.2) is 25.1 Å². The van der Waals surface area contributed by atoms with Crippen LogP contribution in [0.5, 0.6) is 0 Å². The number of hydrogen-bond donors (Lipinski definition) is 1. The molecule has 1 N–H and O–H groups in total. The van der Waals surface area contributed by atoms with Gasteiger partial charge in [-0.2, -0.15) is 0 Å². The Morgan fingerprint density at radius 2 is 1.68 bits per heavy atom. The topological polar surface area (TPSA) is 29.5 Å². The number of fused-ring (bicyclic) bond motifs is 5. The predicted octanol–water partition coefficient (Wildman–Crippen LogP) is 6.29. The summed E-state index contributed by atoms with van der Waals surface area (Å²) >= 11 is 0. The summed E-state index contributed by atoms with van der Waals surface area (Å²) < 4.78 is 7.61. The maximum absolute atomic E-state index is 10.3. The first kappa shape index (κ1) is 19.9. The second-order valence-corrected chi connectivity index (χ2v) is 17.1. The van der Waals surface area contributed by atoms with Crippen LogP contribution in [0.1, 0.15) is 93.4 Å². The van der Waals surface area contributed by atoms with Crippen molar-refractivity contribution >= 4 is 8.32 Å². The molecule has 3 aliphatic rings. The van der Waals surface area contributed by atoms with Crippen LogP contribution in [0.25, 0.3) is 0 Å². The van der Waals surface area contributed by atoms with E-state index in [4.69, 9.17) is 4.43 Å². The summed E-state index contributed by atoms with van der Waals surface area (Å²) in [5, 5.41) is 10.8. The highest BCUT2D eigenvalue weighted by atomic mass is 28.4. The standard InChI is InChI=1S/C22H42O2Si/c1-16(23)14-21-13-11-17(15-21)18-10-9-12-22(18,21)24-25(8,19(2,3)4)20(5,6)7/h16-18,23H,9-15H2,1-8H3. The molecule has 3 rings (SSSR count). The Bertz CT molecular complexity index is 501. The zero-order chi connectivity index (χ0) is 18.9. The number of hydrogen-bond acceptors (Lipinski definition) is 2. The fourth-order valence-electron chi connectivity index (χ4n) is 7.13. The van der Waals surface area contributed by atoms with E-state index in [-0.39, 0.29) is 27.2 Å². The fourth-order valence-corrected chi connectivity index (χ4v) is 11.2. The van der Waals surface area contributed by atoms with E-state index in [0.29, 0.717) is 0 Å². The van der Waals surface area contributed by atoms with Crippen LogP contribution in [0.2, 0.25) is 16.6 Å². The van der Waals surface area contributed by atoms with Gasteiger partial charge in [0.1, 0.15) is 0 Å². The summed E-state index contributed by atoms with van der Waals surface area (Å²) in [6, 6.07) is 0. The van der Waals surface area contributed by atoms with Crippen LogP contribution in [0.3, 0.4) is 0 Å². The van der Waals surface area contributed by atoms with Crippen LogP contribution in [0.4, 0.5) is 0 Å². The van der Waals surface area contributed by atoms with E-state index in [1.54, 1.807) is 0 Å². The van der Waals surface area contributed by atoms with Crippen LogP contribution >= 0.6 is 0 Å². The second kappa shape index (κ2) is 5.82. The van der Waals surface area contributed by atoms with Crippen molar-refractivity contribution < 1.29 is 9.53 Å². The highest BCUT2D eigenvalue weighted by Gasteiger charge is 2.71. The van der Waals surface area contributed by atoms with E-state index in [0.717, 1.165) is 18.3 Å². The summed E-state index contributed by atoms with van der Waals surface area (Å²) in [7, 11) is -2.03. The molecule has 2 nitrogen and oxygen atoms in total. The van der Waals surface area contributed by atoms with Gasteiger partial charge in [-0.25, -0.2) is 0 Å². The Labute approximate surface area is 157 Å². The zero-order valence-corrected chi connectivity index (χ0v) is 19.0. The minimum atomic E-state index is -2.03. The molecule has 3 aliphatic carbocycles. The van der Waals surface area contributed by atoms with Gasteiger partial charge in [-0.3, -0.25) is 0 Å². The first-order valence-corrected chi connectivity index (χ1v) is 13.1. The second-order valence-electron chi connectivity index (χ2n) is 11.9. The quantitative estimate of drug-likeness (QED) is 0.593. The van der Waals surface area contributed by atoms with Gasteiger partial charge in [0.05, 0.1) is 11.7 Å². The van der Waals surface area contributed by atoms with Gasteiger partial charge in [0.15, 0.2) is 0 Å². The van der Waals surface area contributed by atoms with E-state index in [9.17, 15) is 5.11 Å². The van der Waals surface area contributed by atoms with Crippen molar-refractivity contribution in [1.29, 1.82) is 0 Å². The molecule has 0 heterocycles. The minimum Gasteiger partial charge on any atom is -0.410 e. The Balaban J connectivity index is 2.06. The van der Waals surface area contributed by atoms with Gasteiger partial charge in [-0.15, -0.1) is 0 Å². The molecule has 3 saturated carbocycles. The van der Waals surface area contributed by atoms with Gasteiger partial charge in [0, 0.05) is 5.41 Å². The van der Waals surface area contributed by atoms with Crippen molar-refractivity contribution in [3.8, 4) is 0 Å². The van der Waals surface area contributed by atoms with Crippen LogP contribution < -0.4 is 0 Å². The summed E-state index contributed by atoms with van der Waals surface area (Å²) in [5.41, 5.74) is 0.284. The SMILES string of the molecule is CC(O)CC12CCC(C1)C1CCCC12O[Si](C)(C(C)(C)C)C(C)(C)C. The van der Waals surface area contributed by atoms with Gasteiger partial charge in [-0.05, 0) is 73.9 Å². The maximum atomic E-state index is 10.3. The van der Waals surface area contributed by atoms with Crippen molar-refractivity contribution in [2.45, 2.75) is 122 Å². The molecule has 0 aromatic heterocycles. The lowest BCUT2D eigenvalue weighted by Gasteiger charge is -2.58. The Morgan fingerprint density at radius 3 is 2.20 bits per heavy atom. The molecule has 0 amide bonds. The van der Waals surface area contributed by atoms with Crippen molar-refractivity contribution in [3.63, 3.8) is 0 Å². The smallest absolute Gasteiger partial charge is 0.201 e. The number of rotatable bonds is 4. The van der Waals surface area contributed by atoms with Crippen molar-refractivity contribution in [3.05, 3.63) is 0 Å². The lowest BCUT2D eigenvalue weighted by molar-refractivity contribution is -0.102. The number of aliphatic hydroxyl groups excluding tert-OH is 1. The van der Waals surface area contributed by atoms with E-state index in [2.05, 4.69) is 48.1 Å². The Morgan fingerprint density at radius 1 is 1.08 bits per heavy atom. The molecule has 0 aromatic rings. The molecule has 2 bridgehead atoms. The molecular formula is C22H42O2Si. The fraction of sp³-hybridized carbons (Fsp3) is 1.00. The molecule has 146 valence electrons. The highest BCUT2D eigenvalue weighted by Crippen LogP contribution is 2.72. The first-order chi connectivity index (χ1) is 11.3. The molecule has 0 aromatic carbocycles. The third-order valence-corrected chi connectivity index (χ3v) is 15.2. The Hall–Kier alpha value is 0.137. The summed E-state index contributed by atoms with van der Waals surface area (Å²) in [6.07, 6.45) is 8.59. The predicted molar refractivity (Wildman–Crippen MR) is 108 cm³/mol. The van der Waals surface area contributed by atoms with E-state index >= 15 is 0 Å². The van der Waals surface area contributed by atoms with Crippen LogP contribution in [-0.2, 0) is 4.43 Å². The van der Waals surface area contributed by atoms with Gasteiger partial charge in [-0.1, -0.05) is 48.0 Å². The minimum absolute atomic E-state index is 0.0500. The number of aliphatic hydroxyl groups is 1. The maximum Gasteiger partial charge on any atom is 0.201 e. The van der Waals surface area contributed by atoms with E-state index in [1.807, 2.05) is 6.92 Å². The third-order valence-electron chi connectivity index (χ3n) is 8.71. The molecule has 25 heavy (non-hydrogen) atoms. The summed E-state index contributed by atoms with van der Waals surface area (Å²) in [6.45, 7) is 18.9.